The molecule has 0 aromatic heterocycles. The van der Waals surface area contributed by atoms with Crippen molar-refractivity contribution in [1.82, 2.24) is 0 Å². The summed E-state index contributed by atoms with van der Waals surface area (Å²) in [6.45, 7) is 17.4. The van der Waals surface area contributed by atoms with E-state index in [0.29, 0.717) is 0 Å². The fraction of sp³-hybridized carbons (Fsp3) is 0.250. The van der Waals surface area contributed by atoms with E-state index in [1.807, 2.05) is 72.8 Å². The monoisotopic (exact) mass is 686 g/mol. The molecule has 0 heterocycles. The maximum atomic E-state index is 3.72. The van der Waals surface area contributed by atoms with Gasteiger partial charge in [-0.1, -0.05) is 82.3 Å². The van der Waals surface area contributed by atoms with E-state index in [4.69, 9.17) is 0 Å². The van der Waals surface area contributed by atoms with E-state index in [0.717, 1.165) is 18.4 Å². The predicted octanol–water partition coefficient (Wildman–Crippen LogP) is 11.1. The van der Waals surface area contributed by atoms with E-state index in [9.17, 15) is 0 Å². The zero-order valence-electron chi connectivity index (χ0n) is 26.5. The minimum absolute atomic E-state index is 0. The Kier molecular flexibility index (Phi) is 19.3. The van der Waals surface area contributed by atoms with Crippen molar-refractivity contribution in [2.24, 2.45) is 0 Å². The van der Waals surface area contributed by atoms with Crippen molar-refractivity contribution in [2.75, 3.05) is 0 Å². The van der Waals surface area contributed by atoms with E-state index in [2.05, 4.69) is 107 Å². The van der Waals surface area contributed by atoms with Crippen LogP contribution in [0, 0.1) is 25.1 Å². The van der Waals surface area contributed by atoms with E-state index in [-0.39, 0.29) is 35.6 Å². The van der Waals surface area contributed by atoms with Gasteiger partial charge in [0.1, 0.15) is 0 Å². The smallest absolute Gasteiger partial charge is 0.171 e. The second-order valence-electron chi connectivity index (χ2n) is 11.9. The third-order valence-corrected chi connectivity index (χ3v) is 6.56. The van der Waals surface area contributed by atoms with E-state index < -0.39 is 0 Å². The molecule has 0 unspecified atom stereocenters. The molecule has 0 spiro atoms. The molecule has 0 N–H and O–H groups in total. The quantitative estimate of drug-likeness (QED) is 0.142. The molecule has 0 saturated heterocycles. The minimum Gasteiger partial charge on any atom is -0.184 e. The van der Waals surface area contributed by atoms with Crippen molar-refractivity contribution in [3.63, 3.8) is 0 Å². The molecule has 0 aliphatic heterocycles. The van der Waals surface area contributed by atoms with Crippen LogP contribution in [0.25, 0.3) is 11.1 Å². The van der Waals surface area contributed by atoms with Gasteiger partial charge in [-0.05, 0) is 17.4 Å². The predicted molar refractivity (Wildman–Crippen MR) is 190 cm³/mol. The van der Waals surface area contributed by atoms with Crippen LogP contribution < -0.4 is 0 Å². The average Bonchev–Trinajstić information content (AvgIpc) is 3.67. The Morgan fingerprint density at radius 2 is 1.33 bits per heavy atom. The van der Waals surface area contributed by atoms with Gasteiger partial charge in [0.15, 0.2) is 0 Å². The largest absolute Gasteiger partial charge is 0.184 e. The summed E-state index contributed by atoms with van der Waals surface area (Å²) < 4.78 is 3.34. The van der Waals surface area contributed by atoms with Gasteiger partial charge in [-0.3, -0.25) is 6.08 Å². The zero-order chi connectivity index (χ0) is 30.3. The fourth-order valence-electron chi connectivity index (χ4n) is 4.14. The molecule has 228 valence electrons. The van der Waals surface area contributed by atoms with Gasteiger partial charge >= 0.3 is 28.4 Å². The van der Waals surface area contributed by atoms with Gasteiger partial charge in [0, 0.05) is 0 Å². The van der Waals surface area contributed by atoms with Gasteiger partial charge in [-0.25, -0.2) is 12.2 Å². The van der Waals surface area contributed by atoms with Crippen LogP contribution in [0.4, 0.5) is 0 Å². The zero-order valence-corrected chi connectivity index (χ0v) is 30.6. The summed E-state index contributed by atoms with van der Waals surface area (Å²) in [7, 11) is 0. The number of allylic oxidation sites excluding steroid dienone is 4. The Morgan fingerprint density at radius 3 is 1.72 bits per heavy atom. The number of benzene rings is 4. The van der Waals surface area contributed by atoms with Crippen LogP contribution in [-0.4, -0.2) is 4.21 Å². The van der Waals surface area contributed by atoms with Gasteiger partial charge < -0.3 is 0 Å². The first-order valence-corrected chi connectivity index (χ1v) is 15.8. The molecule has 43 heavy (non-hydrogen) atoms. The maximum absolute atomic E-state index is 3.72. The van der Waals surface area contributed by atoms with Crippen LogP contribution in [-0.2, 0) is 41.5 Å². The molecule has 0 atom stereocenters. The molecule has 4 aromatic rings. The van der Waals surface area contributed by atoms with E-state index in [1.54, 1.807) is 0 Å². The molecule has 0 amide bonds. The summed E-state index contributed by atoms with van der Waals surface area (Å²) in [5.41, 5.74) is 9.83. The Morgan fingerprint density at radius 1 is 0.744 bits per heavy atom. The second kappa shape index (κ2) is 20.5. The number of rotatable bonds is 0. The minimum atomic E-state index is 0. The summed E-state index contributed by atoms with van der Waals surface area (Å²) in [5, 5.41) is 0. The Balaban J connectivity index is 0.000000654. The molecule has 0 nitrogen and oxygen atoms in total. The van der Waals surface area contributed by atoms with E-state index in [1.165, 1.54) is 57.6 Å². The topological polar surface area (TPSA) is 0 Å². The van der Waals surface area contributed by atoms with Gasteiger partial charge in [-0.15, -0.1) is 48.9 Å². The third-order valence-electron chi connectivity index (χ3n) is 6.56. The van der Waals surface area contributed by atoms with Gasteiger partial charge in [0.25, 0.3) is 0 Å². The molecule has 4 aromatic carbocycles. The van der Waals surface area contributed by atoms with E-state index >= 15 is 0 Å². The number of fused-ring (bicyclic) bond motifs is 3. The van der Waals surface area contributed by atoms with Crippen molar-refractivity contribution < 1.29 is 24.2 Å². The van der Waals surface area contributed by atoms with Crippen LogP contribution in [0.3, 0.4) is 0 Å². The standard InChI is InChI=1S/C21H25.C7H7.C6H5.C5H5.CH2.2ClH.Zr/c1-20(2,3)16-9-7-14-11-15-8-10-17(21(4,5)6)13-19(15)18(14)12-16;1-7-5-3-2-4-6-7;1-2-4-6-5-3-1;1-2-4-5-3-1;;;;/h7,9-10,12-13H,11H2,1-6H3;2-6H,1H2;1-5H;1-3H,4H2;1H2;2*1H;/q4*-1;;;;. The SMILES string of the molecule is CC(C)(C)c1c[c-]c2c(c1)-c1cc(C(C)(C)C)ccc1C2.Cl.Cl.[C-]1=CC=CC1.[CH2-]c1ccccc1.[CH2]=[Zr].[c-]1ccccc1. The van der Waals surface area contributed by atoms with Crippen LogP contribution >= 0.6 is 24.8 Å². The van der Waals surface area contributed by atoms with Crippen LogP contribution in [0.2, 0.25) is 0 Å². The van der Waals surface area contributed by atoms with Crippen LogP contribution in [0.15, 0.2) is 109 Å². The van der Waals surface area contributed by atoms with Crippen LogP contribution in [0.1, 0.15) is 75.8 Å². The molecule has 6 rings (SSSR count). The Hall–Kier alpha value is -2.44. The summed E-state index contributed by atoms with van der Waals surface area (Å²) in [6, 6.07) is 37.4. The number of hydrogen-bond acceptors (Lipinski definition) is 0. The van der Waals surface area contributed by atoms with Gasteiger partial charge in [0.2, 0.25) is 0 Å². The van der Waals surface area contributed by atoms with Crippen molar-refractivity contribution >= 4 is 29.0 Å². The molecular formula is C40H46Cl2Zr-4. The molecular weight excluding hydrogens is 643 g/mol. The number of hydrogen-bond donors (Lipinski definition) is 0. The first-order valence-electron chi connectivity index (χ1n) is 14.1. The third kappa shape index (κ3) is 14.3. The summed E-state index contributed by atoms with van der Waals surface area (Å²) in [4.78, 5) is 0. The van der Waals surface area contributed by atoms with Crippen molar-refractivity contribution in [2.45, 2.75) is 65.2 Å². The summed E-state index contributed by atoms with van der Waals surface area (Å²) in [6.07, 6.45) is 11.0. The fourth-order valence-corrected chi connectivity index (χ4v) is 4.14. The molecule has 0 fully saturated rings. The molecule has 0 bridgehead atoms. The van der Waals surface area contributed by atoms with Crippen molar-refractivity contribution in [3.8, 4) is 11.1 Å². The molecule has 0 radical (unpaired) electrons. The first-order chi connectivity index (χ1) is 19.6. The van der Waals surface area contributed by atoms with Crippen molar-refractivity contribution in [1.29, 1.82) is 0 Å². The van der Waals surface area contributed by atoms with Gasteiger partial charge in [-0.2, -0.15) is 96.4 Å². The Labute approximate surface area is 289 Å². The normalized spacial score (nSPS) is 11.5. The number of halogens is 2. The summed E-state index contributed by atoms with van der Waals surface area (Å²) >= 11 is 1.30. The van der Waals surface area contributed by atoms with Crippen LogP contribution in [0.5, 0.6) is 0 Å². The average molecular weight is 689 g/mol. The maximum Gasteiger partial charge on any atom is -0.171 e. The van der Waals surface area contributed by atoms with Gasteiger partial charge in [0.05, 0.1) is 0 Å². The second-order valence-corrected chi connectivity index (χ2v) is 11.9. The molecule has 2 aliphatic rings. The summed E-state index contributed by atoms with van der Waals surface area (Å²) in [5.74, 6) is 0. The van der Waals surface area contributed by atoms with Crippen molar-refractivity contribution in [3.05, 3.63) is 162 Å². The molecule has 3 heteroatoms. The first kappa shape index (κ1) is 40.6. The Bertz CT molecular complexity index is 1280. The molecule has 0 saturated carbocycles. The molecule has 2 aliphatic carbocycles.